The molecule has 0 saturated heterocycles. The summed E-state index contributed by atoms with van der Waals surface area (Å²) in [6.45, 7) is 0. The lowest BCUT2D eigenvalue weighted by atomic mass is 10.1. The highest BCUT2D eigenvalue weighted by Gasteiger charge is 2.24. The molecule has 2 aromatic heterocycles. The van der Waals surface area contributed by atoms with Crippen LogP contribution in [0, 0.1) is 5.82 Å². The van der Waals surface area contributed by atoms with Gasteiger partial charge >= 0.3 is 5.97 Å². The lowest BCUT2D eigenvalue weighted by Gasteiger charge is -2.15. The van der Waals surface area contributed by atoms with Gasteiger partial charge in [0.1, 0.15) is 22.4 Å². The van der Waals surface area contributed by atoms with Gasteiger partial charge in [-0.15, -0.1) is 11.3 Å². The summed E-state index contributed by atoms with van der Waals surface area (Å²) in [5.74, 6) is -0.495. The van der Waals surface area contributed by atoms with Gasteiger partial charge in [0, 0.05) is 18.0 Å². The standard InChI is InChI=1S/C19H20FN3O3S2/c1-23-18-12(16(22-23)11-6-4-5-7-13(11)20)10-15(28-18)17(24)21-14(8-9-27-3)19(25)26-2/h4-7,10,14H,8-9H2,1-3H3,(H,21,24). The molecule has 1 unspecified atom stereocenters. The number of fused-ring (bicyclic) bond motifs is 1. The molecule has 0 fully saturated rings. The number of esters is 1. The molecule has 1 aromatic carbocycles. The fraction of sp³-hybridized carbons (Fsp3) is 0.316. The van der Waals surface area contributed by atoms with Crippen molar-refractivity contribution in [3.8, 4) is 11.3 Å². The quantitative estimate of drug-likeness (QED) is 0.592. The molecular formula is C19H20FN3O3S2. The number of ether oxygens (including phenoxy) is 1. The second-order valence-corrected chi connectivity index (χ2v) is 8.13. The van der Waals surface area contributed by atoms with Gasteiger partial charge in [-0.1, -0.05) is 12.1 Å². The predicted molar refractivity (Wildman–Crippen MR) is 110 cm³/mol. The molecule has 0 bridgehead atoms. The minimum absolute atomic E-state index is 0.364. The topological polar surface area (TPSA) is 73.2 Å². The summed E-state index contributed by atoms with van der Waals surface area (Å²) >= 11 is 2.83. The van der Waals surface area contributed by atoms with Crippen LogP contribution in [0.15, 0.2) is 30.3 Å². The first-order valence-corrected chi connectivity index (χ1v) is 10.8. The van der Waals surface area contributed by atoms with Crippen LogP contribution in [0.4, 0.5) is 4.39 Å². The molecule has 0 spiro atoms. The summed E-state index contributed by atoms with van der Waals surface area (Å²) in [5, 5.41) is 7.84. The maximum absolute atomic E-state index is 14.2. The third kappa shape index (κ3) is 4.05. The first-order valence-electron chi connectivity index (χ1n) is 8.55. The van der Waals surface area contributed by atoms with E-state index in [4.69, 9.17) is 4.74 Å². The molecule has 1 N–H and O–H groups in total. The van der Waals surface area contributed by atoms with Crippen LogP contribution in [0.3, 0.4) is 0 Å². The number of carbonyl (C=O) groups excluding carboxylic acids is 2. The van der Waals surface area contributed by atoms with Crippen molar-refractivity contribution < 1.29 is 18.7 Å². The number of aromatic nitrogens is 2. The Morgan fingerprint density at radius 3 is 2.82 bits per heavy atom. The minimum atomic E-state index is -0.709. The number of methoxy groups -OCH3 is 1. The number of thiophene rings is 1. The Kier molecular flexibility index (Phi) is 6.35. The number of nitrogens with zero attached hydrogens (tertiary/aromatic N) is 2. The lowest BCUT2D eigenvalue weighted by molar-refractivity contribution is -0.142. The van der Waals surface area contributed by atoms with Gasteiger partial charge in [-0.3, -0.25) is 9.48 Å². The van der Waals surface area contributed by atoms with Gasteiger partial charge in [-0.25, -0.2) is 9.18 Å². The highest BCUT2D eigenvalue weighted by Crippen LogP contribution is 2.34. The molecule has 3 rings (SSSR count). The van der Waals surface area contributed by atoms with Crippen LogP contribution in [0.25, 0.3) is 21.5 Å². The number of hydrogen-bond donors (Lipinski definition) is 1. The second kappa shape index (κ2) is 8.74. The van der Waals surface area contributed by atoms with Crippen molar-refractivity contribution in [2.75, 3.05) is 19.1 Å². The molecule has 1 atom stereocenters. The molecule has 3 aromatic rings. The maximum atomic E-state index is 14.2. The highest BCUT2D eigenvalue weighted by atomic mass is 32.2. The van der Waals surface area contributed by atoms with Crippen molar-refractivity contribution in [2.45, 2.75) is 12.5 Å². The Labute approximate surface area is 170 Å². The van der Waals surface area contributed by atoms with Crippen molar-refractivity contribution in [2.24, 2.45) is 7.05 Å². The largest absolute Gasteiger partial charge is 0.467 e. The number of aryl methyl sites for hydroxylation is 1. The van der Waals surface area contributed by atoms with Crippen molar-refractivity contribution in [1.82, 2.24) is 15.1 Å². The average Bonchev–Trinajstić information content (AvgIpc) is 3.25. The SMILES string of the molecule is COC(=O)C(CCSC)NC(=O)c1cc2c(-c3ccccc3F)nn(C)c2s1. The molecule has 0 radical (unpaired) electrons. The normalized spacial score (nSPS) is 12.1. The Bertz CT molecular complexity index is 1020. The zero-order valence-electron chi connectivity index (χ0n) is 15.7. The number of amides is 1. The monoisotopic (exact) mass is 421 g/mol. The Hall–Kier alpha value is -2.39. The van der Waals surface area contributed by atoms with Crippen molar-refractivity contribution in [3.05, 3.63) is 41.0 Å². The molecule has 0 aliphatic rings. The van der Waals surface area contributed by atoms with E-state index in [0.29, 0.717) is 33.7 Å². The molecule has 1 amide bonds. The van der Waals surface area contributed by atoms with Crippen molar-refractivity contribution in [1.29, 1.82) is 0 Å². The van der Waals surface area contributed by atoms with Gasteiger partial charge < -0.3 is 10.1 Å². The number of benzene rings is 1. The number of nitrogens with one attached hydrogen (secondary N) is 1. The molecule has 2 heterocycles. The van der Waals surface area contributed by atoms with E-state index in [0.717, 1.165) is 4.83 Å². The lowest BCUT2D eigenvalue weighted by Crippen LogP contribution is -2.41. The van der Waals surface area contributed by atoms with Crippen molar-refractivity contribution >= 4 is 45.2 Å². The molecule has 148 valence electrons. The Morgan fingerprint density at radius 1 is 1.39 bits per heavy atom. The highest BCUT2D eigenvalue weighted by molar-refractivity contribution is 7.98. The summed E-state index contributed by atoms with van der Waals surface area (Å²) in [7, 11) is 3.05. The van der Waals surface area contributed by atoms with Gasteiger partial charge in [0.05, 0.1) is 12.0 Å². The van der Waals surface area contributed by atoms with E-state index >= 15 is 0 Å². The van der Waals surface area contributed by atoms with E-state index in [-0.39, 0.29) is 11.7 Å². The fourth-order valence-corrected chi connectivity index (χ4v) is 4.31. The Morgan fingerprint density at radius 2 is 2.14 bits per heavy atom. The van der Waals surface area contributed by atoms with Gasteiger partial charge in [0.15, 0.2) is 0 Å². The molecule has 28 heavy (non-hydrogen) atoms. The first-order chi connectivity index (χ1) is 13.5. The van der Waals surface area contributed by atoms with E-state index in [9.17, 15) is 14.0 Å². The second-order valence-electron chi connectivity index (χ2n) is 6.11. The number of carbonyl (C=O) groups is 2. The minimum Gasteiger partial charge on any atom is -0.467 e. The molecule has 6 nitrogen and oxygen atoms in total. The van der Waals surface area contributed by atoms with Crippen LogP contribution in [-0.4, -0.2) is 46.8 Å². The average molecular weight is 422 g/mol. The Balaban J connectivity index is 1.92. The third-order valence-corrected chi connectivity index (χ3v) is 6.11. The molecule has 0 aliphatic carbocycles. The molecule has 9 heteroatoms. The zero-order chi connectivity index (χ0) is 20.3. The fourth-order valence-electron chi connectivity index (χ4n) is 2.86. The molecule has 0 aliphatic heterocycles. The summed E-state index contributed by atoms with van der Waals surface area (Å²) in [6.07, 6.45) is 2.41. The number of halogens is 1. The smallest absolute Gasteiger partial charge is 0.328 e. The van der Waals surface area contributed by atoms with Gasteiger partial charge in [-0.2, -0.15) is 16.9 Å². The van der Waals surface area contributed by atoms with E-state index in [2.05, 4.69) is 10.4 Å². The first kappa shape index (κ1) is 20.3. The van der Waals surface area contributed by atoms with E-state index < -0.39 is 12.0 Å². The third-order valence-electron chi connectivity index (χ3n) is 4.27. The van der Waals surface area contributed by atoms with Crippen LogP contribution in [-0.2, 0) is 16.6 Å². The predicted octanol–water partition coefficient (Wildman–Crippen LogP) is 3.47. The summed E-state index contributed by atoms with van der Waals surface area (Å²) < 4.78 is 20.6. The van der Waals surface area contributed by atoms with Crippen LogP contribution >= 0.6 is 23.1 Å². The van der Waals surface area contributed by atoms with Crippen molar-refractivity contribution in [3.63, 3.8) is 0 Å². The number of rotatable bonds is 7. The summed E-state index contributed by atoms with van der Waals surface area (Å²) in [6, 6.07) is 7.37. The number of hydrogen-bond acceptors (Lipinski definition) is 6. The zero-order valence-corrected chi connectivity index (χ0v) is 17.3. The van der Waals surface area contributed by atoms with Gasteiger partial charge in [0.25, 0.3) is 5.91 Å². The van der Waals surface area contributed by atoms with E-state index in [1.807, 2.05) is 6.26 Å². The van der Waals surface area contributed by atoms with Gasteiger partial charge in [0.2, 0.25) is 0 Å². The van der Waals surface area contributed by atoms with Crippen LogP contribution in [0.5, 0.6) is 0 Å². The van der Waals surface area contributed by atoms with E-state index in [1.54, 1.807) is 47.8 Å². The van der Waals surface area contributed by atoms with E-state index in [1.165, 1.54) is 24.5 Å². The van der Waals surface area contributed by atoms with Crippen LogP contribution in [0.1, 0.15) is 16.1 Å². The summed E-state index contributed by atoms with van der Waals surface area (Å²) in [4.78, 5) is 25.8. The number of thioether (sulfide) groups is 1. The van der Waals surface area contributed by atoms with Crippen LogP contribution < -0.4 is 5.32 Å². The molecular weight excluding hydrogens is 401 g/mol. The van der Waals surface area contributed by atoms with Crippen LogP contribution in [0.2, 0.25) is 0 Å². The van der Waals surface area contributed by atoms with Gasteiger partial charge in [-0.05, 0) is 36.6 Å². The molecule has 0 saturated carbocycles. The maximum Gasteiger partial charge on any atom is 0.328 e. The summed E-state index contributed by atoms with van der Waals surface area (Å²) in [5.41, 5.74) is 0.864.